The van der Waals surface area contributed by atoms with Gasteiger partial charge in [-0.1, -0.05) is 34.8 Å². The van der Waals surface area contributed by atoms with E-state index in [9.17, 15) is 9.59 Å². The number of guanidine groups is 1. The maximum Gasteiger partial charge on any atom is 0.392 e. The molecular weight excluding hydrogens is 330 g/mol. The maximum absolute atomic E-state index is 12.9. The fourth-order valence-corrected chi connectivity index (χ4v) is 3.92. The van der Waals surface area contributed by atoms with Gasteiger partial charge in [0.25, 0.3) is 5.91 Å². The molecule has 3 aliphatic heterocycles. The Labute approximate surface area is 153 Å². The summed E-state index contributed by atoms with van der Waals surface area (Å²) in [7, 11) is 3.23. The molecule has 136 valence electrons. The lowest BCUT2D eigenvalue weighted by molar-refractivity contribution is -0.512. The van der Waals surface area contributed by atoms with E-state index in [1.54, 1.807) is 7.05 Å². The molecule has 2 fully saturated rings. The van der Waals surface area contributed by atoms with Gasteiger partial charge in [-0.2, -0.15) is 0 Å². The molecule has 0 radical (unpaired) electrons. The van der Waals surface area contributed by atoms with Crippen LogP contribution in [0.4, 0.5) is 4.79 Å². The van der Waals surface area contributed by atoms with Crippen molar-refractivity contribution in [2.24, 2.45) is 4.99 Å². The third-order valence-electron chi connectivity index (χ3n) is 5.33. The second-order valence-electron chi connectivity index (χ2n) is 7.22. The average Bonchev–Trinajstić information content (AvgIpc) is 3.26. The Balaban J connectivity index is 1.77. The molecule has 3 aliphatic rings. The largest absolute Gasteiger partial charge is 0.392 e. The minimum Gasteiger partial charge on any atom is -0.270 e. The van der Waals surface area contributed by atoms with Crippen LogP contribution in [0.15, 0.2) is 29.3 Å². The molecule has 3 heterocycles. The van der Waals surface area contributed by atoms with Crippen molar-refractivity contribution in [3.63, 3.8) is 0 Å². The number of rotatable bonds is 2. The highest BCUT2D eigenvalue weighted by Gasteiger charge is 2.55. The van der Waals surface area contributed by atoms with Gasteiger partial charge in [-0.15, -0.1) is 0 Å². The number of hydrogen-bond donors (Lipinski definition) is 0. The molecule has 2 saturated heterocycles. The molecule has 1 aromatic carbocycles. The first-order valence-electron chi connectivity index (χ1n) is 9.05. The number of imide groups is 1. The van der Waals surface area contributed by atoms with Crippen molar-refractivity contribution >= 4 is 23.7 Å². The highest BCUT2D eigenvalue weighted by atomic mass is 16.2. The second kappa shape index (κ2) is 6.23. The molecule has 1 atom stereocenters. The Morgan fingerprint density at radius 2 is 1.88 bits per heavy atom. The van der Waals surface area contributed by atoms with Gasteiger partial charge in [-0.25, -0.2) is 9.69 Å². The van der Waals surface area contributed by atoms with Crippen LogP contribution in [0.3, 0.4) is 0 Å². The van der Waals surface area contributed by atoms with E-state index >= 15 is 0 Å². The topological polar surface area (TPSA) is 59.2 Å². The highest BCUT2D eigenvalue weighted by molar-refractivity contribution is 6.25. The Morgan fingerprint density at radius 3 is 2.58 bits per heavy atom. The van der Waals surface area contributed by atoms with Gasteiger partial charge in [0.2, 0.25) is 11.9 Å². The number of urea groups is 1. The maximum atomic E-state index is 12.9. The molecule has 0 saturated carbocycles. The number of aliphatic imine (C=N–C) groups is 1. The Bertz CT molecular complexity index is 836. The van der Waals surface area contributed by atoms with Gasteiger partial charge < -0.3 is 0 Å². The van der Waals surface area contributed by atoms with Crippen molar-refractivity contribution in [2.75, 3.05) is 27.2 Å². The van der Waals surface area contributed by atoms with Crippen molar-refractivity contribution in [3.8, 4) is 0 Å². The summed E-state index contributed by atoms with van der Waals surface area (Å²) in [6.45, 7) is 4.52. The lowest BCUT2D eigenvalue weighted by Crippen LogP contribution is -2.62. The van der Waals surface area contributed by atoms with Crippen LogP contribution >= 0.6 is 0 Å². The molecule has 0 spiro atoms. The summed E-state index contributed by atoms with van der Waals surface area (Å²) >= 11 is 0. The van der Waals surface area contributed by atoms with Gasteiger partial charge in [0.1, 0.15) is 0 Å². The van der Waals surface area contributed by atoms with Crippen molar-refractivity contribution in [1.82, 2.24) is 14.7 Å². The standard InChI is InChI=1S/C19H24N5O2/c1-13-7-6-8-14(11-13)12-24-15-16(20-18(24)23-9-4-5-10-23)21(2)19(26)22(3)17(15)25/h6-8,11,15H,4-5,9-10,12H2,1-3H3/q+1. The molecule has 7 heteroatoms. The van der Waals surface area contributed by atoms with Crippen molar-refractivity contribution in [1.29, 1.82) is 0 Å². The van der Waals surface area contributed by atoms with Gasteiger partial charge in [0.15, 0.2) is 0 Å². The Kier molecular flexibility index (Phi) is 4.01. The van der Waals surface area contributed by atoms with Crippen LogP contribution in [0, 0.1) is 6.92 Å². The van der Waals surface area contributed by atoms with Crippen molar-refractivity contribution in [2.45, 2.75) is 32.4 Å². The number of nitrogens with zero attached hydrogens (tertiary/aromatic N) is 5. The van der Waals surface area contributed by atoms with Crippen LogP contribution in [0.2, 0.25) is 0 Å². The first kappa shape index (κ1) is 16.8. The quantitative estimate of drug-likeness (QED) is 0.752. The molecule has 0 N–H and O–H groups in total. The minimum absolute atomic E-state index is 0.214. The third kappa shape index (κ3) is 2.58. The monoisotopic (exact) mass is 354 g/mol. The summed E-state index contributed by atoms with van der Waals surface area (Å²) in [6.07, 6.45) is 2.25. The lowest BCUT2D eigenvalue weighted by atomic mass is 10.1. The molecule has 4 rings (SSSR count). The molecule has 1 aromatic rings. The van der Waals surface area contributed by atoms with Gasteiger partial charge >= 0.3 is 12.0 Å². The first-order chi connectivity index (χ1) is 12.5. The number of amidine groups is 1. The lowest BCUT2D eigenvalue weighted by Gasteiger charge is -2.33. The van der Waals surface area contributed by atoms with Crippen LogP contribution in [0.5, 0.6) is 0 Å². The fraction of sp³-hybridized carbons (Fsp3) is 0.474. The number of likely N-dealkylation sites (N-methyl/N-ethyl adjacent to an activating group) is 2. The van der Waals surface area contributed by atoms with E-state index < -0.39 is 6.04 Å². The molecule has 26 heavy (non-hydrogen) atoms. The number of hydrogen-bond acceptors (Lipinski definition) is 2. The van der Waals surface area contributed by atoms with E-state index in [0.717, 1.165) is 37.5 Å². The number of benzene rings is 1. The zero-order valence-corrected chi connectivity index (χ0v) is 15.5. The van der Waals surface area contributed by atoms with Gasteiger partial charge in [0.05, 0.1) is 19.6 Å². The first-order valence-corrected chi connectivity index (χ1v) is 9.05. The van der Waals surface area contributed by atoms with Gasteiger partial charge in [-0.05, 0) is 25.3 Å². The highest BCUT2D eigenvalue weighted by Crippen LogP contribution is 2.25. The van der Waals surface area contributed by atoms with E-state index in [2.05, 4.69) is 34.6 Å². The Morgan fingerprint density at radius 1 is 1.15 bits per heavy atom. The summed E-state index contributed by atoms with van der Waals surface area (Å²) in [5.41, 5.74) is 2.32. The van der Waals surface area contributed by atoms with E-state index in [0.29, 0.717) is 12.4 Å². The number of aryl methyl sites for hydroxylation is 1. The average molecular weight is 354 g/mol. The van der Waals surface area contributed by atoms with Crippen LogP contribution in [-0.4, -0.2) is 76.2 Å². The zero-order chi connectivity index (χ0) is 18.4. The predicted octanol–water partition coefficient (Wildman–Crippen LogP) is 1.26. The van der Waals surface area contributed by atoms with E-state index in [1.165, 1.54) is 22.4 Å². The molecule has 0 aliphatic carbocycles. The van der Waals surface area contributed by atoms with Crippen molar-refractivity contribution < 1.29 is 14.2 Å². The van der Waals surface area contributed by atoms with Gasteiger partial charge in [0, 0.05) is 14.1 Å². The van der Waals surface area contributed by atoms with Crippen LogP contribution in [-0.2, 0) is 11.3 Å². The van der Waals surface area contributed by atoms with Crippen LogP contribution in [0.1, 0.15) is 24.0 Å². The summed E-state index contributed by atoms with van der Waals surface area (Å²) in [4.78, 5) is 34.7. The second-order valence-corrected chi connectivity index (χ2v) is 7.22. The van der Waals surface area contributed by atoms with E-state index in [1.807, 2.05) is 6.07 Å². The molecule has 0 bridgehead atoms. The molecule has 1 unspecified atom stereocenters. The predicted molar refractivity (Wildman–Crippen MR) is 98.1 cm³/mol. The smallest absolute Gasteiger partial charge is 0.270 e. The third-order valence-corrected chi connectivity index (χ3v) is 5.33. The summed E-state index contributed by atoms with van der Waals surface area (Å²) < 4.78 is 2.23. The minimum atomic E-state index is -0.543. The number of carbonyl (C=O) groups is 2. The van der Waals surface area contributed by atoms with Crippen molar-refractivity contribution in [3.05, 3.63) is 35.4 Å². The normalized spacial score (nSPS) is 23.1. The van der Waals surface area contributed by atoms with E-state index in [-0.39, 0.29) is 11.9 Å². The van der Waals surface area contributed by atoms with Crippen LogP contribution < -0.4 is 0 Å². The molecule has 7 nitrogen and oxygen atoms in total. The van der Waals surface area contributed by atoms with Crippen LogP contribution in [0.25, 0.3) is 0 Å². The summed E-state index contributed by atoms with van der Waals surface area (Å²) in [6, 6.07) is 7.42. The van der Waals surface area contributed by atoms with E-state index in [4.69, 9.17) is 4.99 Å². The zero-order valence-electron chi connectivity index (χ0n) is 15.5. The SMILES string of the molecule is Cc1cccc(CN2C(=[N+]3CCCC3)N=C3C2C(=O)N(C)C(=O)N3C)c1. The number of fused-ring (bicyclic) bond motifs is 1. The number of amides is 3. The summed E-state index contributed by atoms with van der Waals surface area (Å²) in [5, 5.41) is 0. The molecule has 0 aromatic heterocycles. The number of carbonyl (C=O) groups excluding carboxylic acids is 2. The van der Waals surface area contributed by atoms with Gasteiger partial charge in [-0.3, -0.25) is 19.2 Å². The Hall–Kier alpha value is -2.70. The fourth-order valence-electron chi connectivity index (χ4n) is 3.92. The summed E-state index contributed by atoms with van der Waals surface area (Å²) in [5.74, 6) is 1.13. The molecular formula is C19H24N5O2+. The molecule has 3 amide bonds.